The predicted molar refractivity (Wildman–Crippen MR) is 60.9 cm³/mol. The van der Waals surface area contributed by atoms with Crippen LogP contribution in [0.5, 0.6) is 0 Å². The van der Waals surface area contributed by atoms with Gasteiger partial charge in [0.1, 0.15) is 0 Å². The van der Waals surface area contributed by atoms with Crippen LogP contribution < -0.4 is 0 Å². The topological polar surface area (TPSA) is 52.6 Å². The Balaban J connectivity index is 3.41. The van der Waals surface area contributed by atoms with Crippen molar-refractivity contribution < 1.29 is 19.1 Å². The van der Waals surface area contributed by atoms with Crippen LogP contribution in [0, 0.1) is 0 Å². The second-order valence-corrected chi connectivity index (χ2v) is 3.16. The zero-order valence-corrected chi connectivity index (χ0v) is 10.0. The summed E-state index contributed by atoms with van der Waals surface area (Å²) < 4.78 is 9.54. The Morgan fingerprint density at radius 3 is 1.56 bits per heavy atom. The fraction of sp³-hybridized carbons (Fsp3) is 0.667. The van der Waals surface area contributed by atoms with Crippen LogP contribution in [0.15, 0.2) is 12.2 Å². The van der Waals surface area contributed by atoms with E-state index in [0.29, 0.717) is 38.9 Å². The predicted octanol–water partition coefficient (Wildman–Crippen LogP) is 2.23. The van der Waals surface area contributed by atoms with E-state index in [0.717, 1.165) is 0 Å². The van der Waals surface area contributed by atoms with Gasteiger partial charge in [-0.25, -0.2) is 0 Å². The summed E-state index contributed by atoms with van der Waals surface area (Å²) >= 11 is 0. The third-order valence-corrected chi connectivity index (χ3v) is 1.81. The zero-order chi connectivity index (χ0) is 12.2. The van der Waals surface area contributed by atoms with Crippen LogP contribution in [0.25, 0.3) is 0 Å². The maximum atomic E-state index is 10.9. The maximum Gasteiger partial charge on any atom is 0.306 e. The van der Waals surface area contributed by atoms with Gasteiger partial charge >= 0.3 is 11.9 Å². The molecule has 0 aromatic rings. The lowest BCUT2D eigenvalue weighted by Crippen LogP contribution is -2.03. The first-order chi connectivity index (χ1) is 7.70. The second kappa shape index (κ2) is 10.2. The molecule has 0 atom stereocenters. The number of rotatable bonds is 8. The third kappa shape index (κ3) is 9.24. The average Bonchev–Trinajstić information content (AvgIpc) is 2.24. The van der Waals surface area contributed by atoms with Crippen molar-refractivity contribution in [2.24, 2.45) is 0 Å². The highest BCUT2D eigenvalue weighted by Gasteiger charge is 1.99. The Hall–Kier alpha value is -1.32. The zero-order valence-electron chi connectivity index (χ0n) is 10.0. The largest absolute Gasteiger partial charge is 0.466 e. The van der Waals surface area contributed by atoms with E-state index in [1.165, 1.54) is 0 Å². The first kappa shape index (κ1) is 14.7. The molecule has 16 heavy (non-hydrogen) atoms. The number of allylic oxidation sites excluding steroid dienone is 2. The minimum atomic E-state index is -0.183. The third-order valence-electron chi connectivity index (χ3n) is 1.81. The highest BCUT2D eigenvalue weighted by Crippen LogP contribution is 1.98. The number of ether oxygens (including phenoxy) is 2. The number of carbonyl (C=O) groups excluding carboxylic acids is 2. The highest BCUT2D eigenvalue weighted by molar-refractivity contribution is 5.69. The minimum absolute atomic E-state index is 0.183. The molecule has 0 aliphatic heterocycles. The lowest BCUT2D eigenvalue weighted by molar-refractivity contribution is -0.144. The molecule has 0 fully saturated rings. The molecule has 0 N–H and O–H groups in total. The van der Waals surface area contributed by atoms with Gasteiger partial charge in [0.25, 0.3) is 0 Å². The fourth-order valence-electron chi connectivity index (χ4n) is 1.10. The summed E-state index contributed by atoms with van der Waals surface area (Å²) in [6.07, 6.45) is 5.86. The number of carbonyl (C=O) groups is 2. The quantitative estimate of drug-likeness (QED) is 0.472. The van der Waals surface area contributed by atoms with Crippen molar-refractivity contribution in [1.29, 1.82) is 0 Å². The molecule has 0 rings (SSSR count). The molecule has 0 radical (unpaired) electrons. The second-order valence-electron chi connectivity index (χ2n) is 3.16. The number of esters is 2. The van der Waals surface area contributed by atoms with Gasteiger partial charge in [-0.2, -0.15) is 0 Å². The molecule has 0 heterocycles. The first-order valence-corrected chi connectivity index (χ1v) is 5.66. The van der Waals surface area contributed by atoms with Crippen LogP contribution >= 0.6 is 0 Å². The van der Waals surface area contributed by atoms with Gasteiger partial charge < -0.3 is 9.47 Å². The first-order valence-electron chi connectivity index (χ1n) is 5.66. The number of hydrogen-bond donors (Lipinski definition) is 0. The SMILES string of the molecule is CCOC(=O)CC/C=C/CCC(=O)OCC. The van der Waals surface area contributed by atoms with E-state index in [-0.39, 0.29) is 11.9 Å². The van der Waals surface area contributed by atoms with E-state index in [9.17, 15) is 9.59 Å². The van der Waals surface area contributed by atoms with Gasteiger partial charge in [-0.05, 0) is 26.7 Å². The van der Waals surface area contributed by atoms with E-state index in [4.69, 9.17) is 9.47 Å². The molecular weight excluding hydrogens is 208 g/mol. The minimum Gasteiger partial charge on any atom is -0.466 e. The van der Waals surface area contributed by atoms with Gasteiger partial charge in [0.05, 0.1) is 13.2 Å². The molecule has 4 heteroatoms. The molecule has 4 nitrogen and oxygen atoms in total. The summed E-state index contributed by atoms with van der Waals surface area (Å²) in [5.74, 6) is -0.366. The lowest BCUT2D eigenvalue weighted by atomic mass is 10.2. The van der Waals surface area contributed by atoms with Crippen LogP contribution in [-0.4, -0.2) is 25.2 Å². The van der Waals surface area contributed by atoms with Crippen molar-refractivity contribution in [3.05, 3.63) is 12.2 Å². The standard InChI is InChI=1S/C12H20O4/c1-3-15-11(13)9-7-5-6-8-10-12(14)16-4-2/h5-6H,3-4,7-10H2,1-2H3/b6-5+. The van der Waals surface area contributed by atoms with Gasteiger partial charge in [0, 0.05) is 12.8 Å². The van der Waals surface area contributed by atoms with E-state index < -0.39 is 0 Å². The van der Waals surface area contributed by atoms with Crippen molar-refractivity contribution in [1.82, 2.24) is 0 Å². The summed E-state index contributed by atoms with van der Waals surface area (Å²) in [4.78, 5) is 21.9. The molecule has 0 unspecified atom stereocenters. The van der Waals surface area contributed by atoms with Crippen LogP contribution in [-0.2, 0) is 19.1 Å². The van der Waals surface area contributed by atoms with Crippen molar-refractivity contribution in [2.45, 2.75) is 39.5 Å². The van der Waals surface area contributed by atoms with Crippen molar-refractivity contribution in [3.8, 4) is 0 Å². The number of hydrogen-bond acceptors (Lipinski definition) is 4. The van der Waals surface area contributed by atoms with Crippen LogP contribution in [0.3, 0.4) is 0 Å². The molecule has 0 aliphatic carbocycles. The monoisotopic (exact) mass is 228 g/mol. The van der Waals surface area contributed by atoms with Crippen LogP contribution in [0.4, 0.5) is 0 Å². The van der Waals surface area contributed by atoms with Crippen molar-refractivity contribution in [3.63, 3.8) is 0 Å². The van der Waals surface area contributed by atoms with E-state index >= 15 is 0 Å². The van der Waals surface area contributed by atoms with Gasteiger partial charge in [-0.1, -0.05) is 12.2 Å². The van der Waals surface area contributed by atoms with Crippen molar-refractivity contribution >= 4 is 11.9 Å². The average molecular weight is 228 g/mol. The van der Waals surface area contributed by atoms with Gasteiger partial charge in [-0.15, -0.1) is 0 Å². The van der Waals surface area contributed by atoms with Gasteiger partial charge in [0.15, 0.2) is 0 Å². The van der Waals surface area contributed by atoms with E-state index in [2.05, 4.69) is 0 Å². The summed E-state index contributed by atoms with van der Waals surface area (Å²) in [6, 6.07) is 0. The summed E-state index contributed by atoms with van der Waals surface area (Å²) in [5.41, 5.74) is 0. The smallest absolute Gasteiger partial charge is 0.306 e. The Morgan fingerprint density at radius 1 is 0.875 bits per heavy atom. The molecule has 0 spiro atoms. The Labute approximate surface area is 96.6 Å². The Morgan fingerprint density at radius 2 is 1.25 bits per heavy atom. The van der Waals surface area contributed by atoms with Crippen LogP contribution in [0.2, 0.25) is 0 Å². The summed E-state index contributed by atoms with van der Waals surface area (Å²) in [7, 11) is 0. The molecule has 0 saturated heterocycles. The molecule has 0 bridgehead atoms. The fourth-order valence-corrected chi connectivity index (χ4v) is 1.10. The summed E-state index contributed by atoms with van der Waals surface area (Å²) in [5, 5.41) is 0. The normalized spacial score (nSPS) is 10.4. The highest BCUT2D eigenvalue weighted by atomic mass is 16.5. The molecule has 0 aliphatic rings. The summed E-state index contributed by atoms with van der Waals surface area (Å²) in [6.45, 7) is 4.41. The van der Waals surface area contributed by atoms with E-state index in [1.54, 1.807) is 13.8 Å². The van der Waals surface area contributed by atoms with Gasteiger partial charge in [-0.3, -0.25) is 9.59 Å². The van der Waals surface area contributed by atoms with Crippen LogP contribution in [0.1, 0.15) is 39.5 Å². The molecule has 0 aromatic heterocycles. The molecule has 0 amide bonds. The molecular formula is C12H20O4. The maximum absolute atomic E-state index is 10.9. The molecule has 0 aromatic carbocycles. The lowest BCUT2D eigenvalue weighted by Gasteiger charge is -1.99. The molecule has 92 valence electrons. The Kier molecular flexibility index (Phi) is 9.36. The van der Waals surface area contributed by atoms with Gasteiger partial charge in [0.2, 0.25) is 0 Å². The van der Waals surface area contributed by atoms with E-state index in [1.807, 2.05) is 12.2 Å². The molecule has 0 saturated carbocycles. The Bertz CT molecular complexity index is 209. The van der Waals surface area contributed by atoms with Crippen molar-refractivity contribution in [2.75, 3.05) is 13.2 Å².